The third-order valence-corrected chi connectivity index (χ3v) is 3.79. The van der Waals surface area contributed by atoms with Crippen molar-refractivity contribution in [3.63, 3.8) is 0 Å². The largest absolute Gasteiger partial charge is 0.463 e. The van der Waals surface area contributed by atoms with Crippen molar-refractivity contribution in [2.45, 2.75) is 19.3 Å². The summed E-state index contributed by atoms with van der Waals surface area (Å²) in [6.45, 7) is 0. The van der Waals surface area contributed by atoms with E-state index < -0.39 is 0 Å². The van der Waals surface area contributed by atoms with Crippen LogP contribution in [0, 0.1) is 0 Å². The molecule has 0 amide bonds. The molecule has 3 rings (SSSR count). The predicted octanol–water partition coefficient (Wildman–Crippen LogP) is 3.78. The number of carbonyl (C=O) groups is 1. The number of aryl methyl sites for hydroxylation is 2. The molecule has 3 nitrogen and oxygen atoms in total. The monoisotopic (exact) mass is 292 g/mol. The molecule has 0 N–H and O–H groups in total. The number of para-hydroxylation sites is 1. The highest BCUT2D eigenvalue weighted by Gasteiger charge is 2.09. The van der Waals surface area contributed by atoms with Crippen molar-refractivity contribution >= 4 is 17.3 Å². The molecule has 0 bridgehead atoms. The maximum Gasteiger partial charge on any atom is 0.203 e. The fourth-order valence-corrected chi connectivity index (χ4v) is 2.64. The molecule has 0 saturated heterocycles. The van der Waals surface area contributed by atoms with Gasteiger partial charge in [-0.3, -0.25) is 9.59 Å². The number of hydrogen-bond donors (Lipinski definition) is 0. The summed E-state index contributed by atoms with van der Waals surface area (Å²) in [5.74, 6) is 0. The Labute approximate surface area is 128 Å². The number of aldehydes is 1. The molecule has 1 aromatic heterocycles. The number of rotatable bonds is 5. The quantitative estimate of drug-likeness (QED) is 0.672. The van der Waals surface area contributed by atoms with E-state index in [9.17, 15) is 9.59 Å². The molecular formula is C19H16O3. The van der Waals surface area contributed by atoms with Gasteiger partial charge in [-0.2, -0.15) is 0 Å². The maximum absolute atomic E-state index is 12.1. The number of carbonyl (C=O) groups excluding carboxylic acids is 1. The van der Waals surface area contributed by atoms with Crippen LogP contribution in [0.2, 0.25) is 0 Å². The average molecular weight is 292 g/mol. The summed E-state index contributed by atoms with van der Waals surface area (Å²) in [7, 11) is 0. The third-order valence-electron chi connectivity index (χ3n) is 3.79. The summed E-state index contributed by atoms with van der Waals surface area (Å²) in [6, 6.07) is 15.8. The van der Waals surface area contributed by atoms with E-state index in [0.29, 0.717) is 17.3 Å². The third kappa shape index (κ3) is 2.84. The minimum Gasteiger partial charge on any atom is -0.463 e. The van der Waals surface area contributed by atoms with Crippen molar-refractivity contribution in [1.82, 2.24) is 0 Å². The Morgan fingerprint density at radius 3 is 2.55 bits per heavy atom. The van der Waals surface area contributed by atoms with Gasteiger partial charge >= 0.3 is 0 Å². The molecule has 1 heterocycles. The highest BCUT2D eigenvalue weighted by molar-refractivity contribution is 5.85. The number of hydrogen-bond acceptors (Lipinski definition) is 3. The maximum atomic E-state index is 12.1. The Morgan fingerprint density at radius 2 is 1.77 bits per heavy atom. The van der Waals surface area contributed by atoms with E-state index in [4.69, 9.17) is 4.42 Å². The lowest BCUT2D eigenvalue weighted by Gasteiger charge is -2.06. The van der Waals surface area contributed by atoms with Crippen LogP contribution in [0.4, 0.5) is 0 Å². The highest BCUT2D eigenvalue weighted by atomic mass is 16.3. The summed E-state index contributed by atoms with van der Waals surface area (Å²) in [5.41, 5.74) is 2.69. The zero-order valence-corrected chi connectivity index (χ0v) is 12.1. The molecule has 0 radical (unpaired) electrons. The highest BCUT2D eigenvalue weighted by Crippen LogP contribution is 2.19. The molecule has 0 saturated carbocycles. The predicted molar refractivity (Wildman–Crippen MR) is 86.3 cm³/mol. The zero-order chi connectivity index (χ0) is 15.4. The van der Waals surface area contributed by atoms with Gasteiger partial charge in [-0.05, 0) is 36.5 Å². The summed E-state index contributed by atoms with van der Waals surface area (Å²) in [5, 5.41) is 0.474. The van der Waals surface area contributed by atoms with Crippen molar-refractivity contribution in [3.8, 4) is 0 Å². The van der Waals surface area contributed by atoms with Crippen molar-refractivity contribution in [1.29, 1.82) is 0 Å². The molecule has 0 aliphatic heterocycles. The standard InChI is InChI=1S/C19H16O3/c20-12-16-13-22-19-15(10-5-11-17(19)18(16)21)9-4-8-14-6-2-1-3-7-14/h1-3,5-7,10-13H,4,8-9H2. The second-order valence-corrected chi connectivity index (χ2v) is 5.27. The number of fused-ring (bicyclic) bond motifs is 1. The van der Waals surface area contributed by atoms with E-state index in [-0.39, 0.29) is 11.0 Å². The minimum atomic E-state index is -0.263. The van der Waals surface area contributed by atoms with Crippen molar-refractivity contribution < 1.29 is 9.21 Å². The van der Waals surface area contributed by atoms with E-state index in [1.54, 1.807) is 6.07 Å². The van der Waals surface area contributed by atoms with Crippen molar-refractivity contribution in [2.75, 3.05) is 0 Å². The summed E-state index contributed by atoms with van der Waals surface area (Å²) < 4.78 is 5.52. The summed E-state index contributed by atoms with van der Waals surface area (Å²) >= 11 is 0. The van der Waals surface area contributed by atoms with E-state index >= 15 is 0 Å². The van der Waals surface area contributed by atoms with Gasteiger partial charge in [0.05, 0.1) is 10.9 Å². The molecule has 3 aromatic rings. The van der Waals surface area contributed by atoms with Crippen LogP contribution in [0.25, 0.3) is 11.0 Å². The van der Waals surface area contributed by atoms with Crippen LogP contribution >= 0.6 is 0 Å². The van der Waals surface area contributed by atoms with Gasteiger partial charge in [0, 0.05) is 0 Å². The van der Waals surface area contributed by atoms with Crippen LogP contribution in [0.3, 0.4) is 0 Å². The molecule has 0 unspecified atom stereocenters. The van der Waals surface area contributed by atoms with Gasteiger partial charge in [-0.25, -0.2) is 0 Å². The van der Waals surface area contributed by atoms with E-state index in [1.807, 2.05) is 30.3 Å². The van der Waals surface area contributed by atoms with E-state index in [1.165, 1.54) is 11.8 Å². The van der Waals surface area contributed by atoms with Crippen molar-refractivity contribution in [2.24, 2.45) is 0 Å². The molecule has 2 aromatic carbocycles. The topological polar surface area (TPSA) is 47.3 Å². The van der Waals surface area contributed by atoms with Crippen LogP contribution in [0.5, 0.6) is 0 Å². The first-order valence-electron chi connectivity index (χ1n) is 7.32. The normalized spacial score (nSPS) is 10.7. The minimum absolute atomic E-state index is 0.0638. The zero-order valence-electron chi connectivity index (χ0n) is 12.1. The Bertz CT molecular complexity index is 847. The second-order valence-electron chi connectivity index (χ2n) is 5.27. The SMILES string of the molecule is O=Cc1coc2c(CCCc3ccccc3)cccc2c1=O. The van der Waals surface area contributed by atoms with Crippen LogP contribution < -0.4 is 5.43 Å². The average Bonchev–Trinajstić information content (AvgIpc) is 2.57. The Hall–Kier alpha value is -2.68. The van der Waals surface area contributed by atoms with Crippen LogP contribution in [0.15, 0.2) is 64.0 Å². The molecule has 3 heteroatoms. The molecule has 110 valence electrons. The van der Waals surface area contributed by atoms with E-state index in [0.717, 1.165) is 24.8 Å². The second kappa shape index (κ2) is 6.39. The van der Waals surface area contributed by atoms with Gasteiger partial charge in [0.2, 0.25) is 5.43 Å². The summed E-state index contributed by atoms with van der Waals surface area (Å²) in [6.07, 6.45) is 4.57. The Balaban J connectivity index is 1.84. The fraction of sp³-hybridized carbons (Fsp3) is 0.158. The molecule has 0 spiro atoms. The molecule has 0 aliphatic carbocycles. The first kappa shape index (κ1) is 14.3. The Kier molecular flexibility index (Phi) is 4.15. The van der Waals surface area contributed by atoms with Gasteiger partial charge in [-0.1, -0.05) is 42.5 Å². The fourth-order valence-electron chi connectivity index (χ4n) is 2.64. The van der Waals surface area contributed by atoms with Crippen LogP contribution in [0.1, 0.15) is 27.9 Å². The van der Waals surface area contributed by atoms with Crippen molar-refractivity contribution in [3.05, 3.63) is 81.7 Å². The lowest BCUT2D eigenvalue weighted by molar-refractivity contribution is 0.112. The van der Waals surface area contributed by atoms with Gasteiger partial charge in [-0.15, -0.1) is 0 Å². The van der Waals surface area contributed by atoms with E-state index in [2.05, 4.69) is 12.1 Å². The van der Waals surface area contributed by atoms with Gasteiger partial charge in [0.1, 0.15) is 11.8 Å². The smallest absolute Gasteiger partial charge is 0.203 e. The van der Waals surface area contributed by atoms with Gasteiger partial charge in [0.25, 0.3) is 0 Å². The number of benzene rings is 2. The molecule has 0 fully saturated rings. The van der Waals surface area contributed by atoms with Gasteiger partial charge < -0.3 is 4.42 Å². The lowest BCUT2D eigenvalue weighted by Crippen LogP contribution is -2.08. The van der Waals surface area contributed by atoms with Crippen LogP contribution in [-0.2, 0) is 12.8 Å². The molecule has 0 atom stereocenters. The first-order valence-corrected chi connectivity index (χ1v) is 7.32. The van der Waals surface area contributed by atoms with Crippen LogP contribution in [-0.4, -0.2) is 6.29 Å². The summed E-state index contributed by atoms with van der Waals surface area (Å²) in [4.78, 5) is 22.9. The lowest BCUT2D eigenvalue weighted by atomic mass is 10.0. The Morgan fingerprint density at radius 1 is 0.955 bits per heavy atom. The molecule has 0 aliphatic rings. The molecular weight excluding hydrogens is 276 g/mol. The first-order chi connectivity index (χ1) is 10.8. The molecule has 22 heavy (non-hydrogen) atoms. The van der Waals surface area contributed by atoms with Gasteiger partial charge in [0.15, 0.2) is 6.29 Å².